The van der Waals surface area contributed by atoms with E-state index in [9.17, 15) is 4.79 Å². The monoisotopic (exact) mass is 428 g/mol. The Labute approximate surface area is 166 Å². The van der Waals surface area contributed by atoms with E-state index in [0.29, 0.717) is 18.9 Å². The lowest BCUT2D eigenvalue weighted by Gasteiger charge is -2.17. The van der Waals surface area contributed by atoms with Crippen molar-refractivity contribution in [2.45, 2.75) is 33.9 Å². The molecule has 27 heavy (non-hydrogen) atoms. The summed E-state index contributed by atoms with van der Waals surface area (Å²) in [5.41, 5.74) is 4.07. The van der Waals surface area contributed by atoms with Crippen LogP contribution >= 0.6 is 15.9 Å². The molecule has 3 heterocycles. The Morgan fingerprint density at radius 1 is 1.37 bits per heavy atom. The third-order valence-corrected chi connectivity index (χ3v) is 5.29. The number of amides is 1. The number of hydrogen-bond acceptors (Lipinski definition) is 4. The minimum absolute atomic E-state index is 0.0517. The van der Waals surface area contributed by atoms with Gasteiger partial charge in [-0.15, -0.1) is 0 Å². The van der Waals surface area contributed by atoms with Crippen molar-refractivity contribution in [2.24, 2.45) is 5.92 Å². The summed E-state index contributed by atoms with van der Waals surface area (Å²) in [6.07, 6.45) is 1.85. The molecule has 140 valence electrons. The lowest BCUT2D eigenvalue weighted by Crippen LogP contribution is -2.30. The second kappa shape index (κ2) is 6.60. The van der Waals surface area contributed by atoms with Crippen LogP contribution in [0.5, 0.6) is 0 Å². The van der Waals surface area contributed by atoms with Crippen LogP contribution in [-0.4, -0.2) is 42.2 Å². The molecule has 0 radical (unpaired) electrons. The standard InChI is InChI=1S/C19H21BrN6O/c1-11(2)19(27)24(4)9-17-22-18-14-7-13(20)5-6-15(14)25-10-21-12(3)16(25)8-26(18)23-17/h5-7,10-11H,8-9H2,1-4H3. The van der Waals surface area contributed by atoms with Crippen LogP contribution in [-0.2, 0) is 17.9 Å². The Morgan fingerprint density at radius 3 is 2.89 bits per heavy atom. The van der Waals surface area contributed by atoms with Crippen molar-refractivity contribution in [3.63, 3.8) is 0 Å². The number of hydrogen-bond donors (Lipinski definition) is 0. The topological polar surface area (TPSA) is 68.8 Å². The van der Waals surface area contributed by atoms with E-state index >= 15 is 0 Å². The van der Waals surface area contributed by atoms with Crippen LogP contribution < -0.4 is 0 Å². The number of aryl methyl sites for hydroxylation is 1. The molecule has 0 N–H and O–H groups in total. The minimum atomic E-state index is -0.0517. The quantitative estimate of drug-likeness (QED) is 0.502. The van der Waals surface area contributed by atoms with Crippen molar-refractivity contribution in [3.05, 3.63) is 46.2 Å². The molecular formula is C19H21BrN6O. The van der Waals surface area contributed by atoms with Gasteiger partial charge < -0.3 is 9.47 Å². The number of carbonyl (C=O) groups is 1. The van der Waals surface area contributed by atoms with Crippen molar-refractivity contribution in [3.8, 4) is 17.1 Å². The van der Waals surface area contributed by atoms with Crippen LogP contribution in [0.15, 0.2) is 29.0 Å². The highest BCUT2D eigenvalue weighted by Crippen LogP contribution is 2.33. The third-order valence-electron chi connectivity index (χ3n) is 4.80. The van der Waals surface area contributed by atoms with Crippen LogP contribution in [0.4, 0.5) is 0 Å². The average molecular weight is 429 g/mol. The average Bonchev–Trinajstić information content (AvgIpc) is 3.15. The number of benzene rings is 1. The molecule has 3 aromatic rings. The van der Waals surface area contributed by atoms with Crippen LogP contribution in [0, 0.1) is 12.8 Å². The molecule has 0 fully saturated rings. The lowest BCUT2D eigenvalue weighted by atomic mass is 10.1. The molecule has 0 saturated heterocycles. The van der Waals surface area contributed by atoms with E-state index in [1.165, 1.54) is 0 Å². The third kappa shape index (κ3) is 3.07. The highest BCUT2D eigenvalue weighted by Gasteiger charge is 2.25. The smallest absolute Gasteiger partial charge is 0.225 e. The molecule has 0 unspecified atom stereocenters. The summed E-state index contributed by atoms with van der Waals surface area (Å²) in [4.78, 5) is 23.1. The van der Waals surface area contributed by atoms with E-state index in [1.54, 1.807) is 11.9 Å². The van der Waals surface area contributed by atoms with Gasteiger partial charge in [0.15, 0.2) is 11.6 Å². The van der Waals surface area contributed by atoms with Gasteiger partial charge in [-0.3, -0.25) is 4.79 Å². The van der Waals surface area contributed by atoms with Crippen LogP contribution in [0.3, 0.4) is 0 Å². The van der Waals surface area contributed by atoms with Gasteiger partial charge in [0.1, 0.15) is 0 Å². The highest BCUT2D eigenvalue weighted by atomic mass is 79.9. The Bertz CT molecular complexity index is 1030. The fraction of sp³-hybridized carbons (Fsp3) is 0.368. The summed E-state index contributed by atoms with van der Waals surface area (Å²) in [6, 6.07) is 6.12. The number of nitrogens with zero attached hydrogens (tertiary/aromatic N) is 6. The molecule has 0 aliphatic carbocycles. The Hall–Kier alpha value is -2.48. The zero-order valence-corrected chi connectivity index (χ0v) is 17.4. The first kappa shape index (κ1) is 17.9. The Kier molecular flexibility index (Phi) is 4.38. The molecule has 7 nitrogen and oxygen atoms in total. The number of carbonyl (C=O) groups excluding carboxylic acids is 1. The van der Waals surface area contributed by atoms with Crippen molar-refractivity contribution in [2.75, 3.05) is 7.05 Å². The highest BCUT2D eigenvalue weighted by molar-refractivity contribution is 9.10. The summed E-state index contributed by atoms with van der Waals surface area (Å²) in [6.45, 7) is 6.77. The molecular weight excluding hydrogens is 408 g/mol. The maximum atomic E-state index is 12.2. The Morgan fingerprint density at radius 2 is 2.15 bits per heavy atom. The van der Waals surface area contributed by atoms with E-state index in [0.717, 1.165) is 32.9 Å². The molecule has 0 bridgehead atoms. The molecule has 0 atom stereocenters. The first-order valence-corrected chi connectivity index (χ1v) is 9.66. The van der Waals surface area contributed by atoms with Gasteiger partial charge in [-0.2, -0.15) is 5.10 Å². The second-order valence-electron chi connectivity index (χ2n) is 7.17. The predicted molar refractivity (Wildman–Crippen MR) is 105 cm³/mol. The van der Waals surface area contributed by atoms with Gasteiger partial charge in [-0.1, -0.05) is 29.8 Å². The number of aromatic nitrogens is 5. The maximum Gasteiger partial charge on any atom is 0.225 e. The van der Waals surface area contributed by atoms with Crippen LogP contribution in [0.1, 0.15) is 31.1 Å². The second-order valence-corrected chi connectivity index (χ2v) is 8.08. The number of imidazole rings is 1. The van der Waals surface area contributed by atoms with Crippen molar-refractivity contribution >= 4 is 21.8 Å². The summed E-state index contributed by atoms with van der Waals surface area (Å²) in [5, 5.41) is 4.70. The normalized spacial score (nSPS) is 12.4. The van der Waals surface area contributed by atoms with E-state index in [1.807, 2.05) is 43.9 Å². The summed E-state index contributed by atoms with van der Waals surface area (Å²) in [7, 11) is 1.79. The molecule has 4 rings (SSSR count). The molecule has 0 saturated carbocycles. The minimum Gasteiger partial charge on any atom is -0.338 e. The molecule has 8 heteroatoms. The molecule has 1 amide bonds. The number of rotatable bonds is 3. The summed E-state index contributed by atoms with van der Waals surface area (Å²) in [5.74, 6) is 1.47. The van der Waals surface area contributed by atoms with Crippen molar-refractivity contribution < 1.29 is 4.79 Å². The zero-order chi connectivity index (χ0) is 19.3. The van der Waals surface area contributed by atoms with Gasteiger partial charge in [0.25, 0.3) is 0 Å². The van der Waals surface area contributed by atoms with Gasteiger partial charge in [-0.05, 0) is 25.1 Å². The first-order chi connectivity index (χ1) is 12.8. The number of halogens is 1. The zero-order valence-electron chi connectivity index (χ0n) is 15.8. The Balaban J connectivity index is 1.80. The van der Waals surface area contributed by atoms with Gasteiger partial charge in [0, 0.05) is 23.0 Å². The van der Waals surface area contributed by atoms with Gasteiger partial charge in [-0.25, -0.2) is 14.6 Å². The predicted octanol–water partition coefficient (Wildman–Crippen LogP) is 3.18. The van der Waals surface area contributed by atoms with Gasteiger partial charge >= 0.3 is 0 Å². The van der Waals surface area contributed by atoms with Crippen molar-refractivity contribution in [1.82, 2.24) is 29.2 Å². The summed E-state index contributed by atoms with van der Waals surface area (Å²) >= 11 is 3.56. The largest absolute Gasteiger partial charge is 0.338 e. The maximum absolute atomic E-state index is 12.2. The molecule has 1 aliphatic heterocycles. The van der Waals surface area contributed by atoms with E-state index < -0.39 is 0 Å². The van der Waals surface area contributed by atoms with E-state index in [2.05, 4.69) is 31.5 Å². The van der Waals surface area contributed by atoms with Gasteiger partial charge in [0.05, 0.1) is 36.5 Å². The fourth-order valence-electron chi connectivity index (χ4n) is 3.40. The van der Waals surface area contributed by atoms with E-state index in [-0.39, 0.29) is 11.8 Å². The summed E-state index contributed by atoms with van der Waals surface area (Å²) < 4.78 is 4.98. The molecule has 0 spiro atoms. The molecule has 1 aliphatic rings. The molecule has 2 aromatic heterocycles. The van der Waals surface area contributed by atoms with Crippen LogP contribution in [0.25, 0.3) is 17.1 Å². The molecule has 1 aromatic carbocycles. The fourth-order valence-corrected chi connectivity index (χ4v) is 3.76. The van der Waals surface area contributed by atoms with Crippen molar-refractivity contribution in [1.29, 1.82) is 0 Å². The van der Waals surface area contributed by atoms with Crippen LogP contribution in [0.2, 0.25) is 0 Å². The van der Waals surface area contributed by atoms with Gasteiger partial charge in [0.2, 0.25) is 5.91 Å². The lowest BCUT2D eigenvalue weighted by molar-refractivity contribution is -0.133. The number of fused-ring (bicyclic) bond motifs is 5. The SMILES string of the molecule is Cc1ncn2c1Cn1nc(CN(C)C(=O)C(C)C)nc1-c1cc(Br)ccc1-2. The van der Waals surface area contributed by atoms with E-state index in [4.69, 9.17) is 10.1 Å². The first-order valence-electron chi connectivity index (χ1n) is 8.87.